The minimum Gasteiger partial charge on any atom is -0.317 e. The van der Waals surface area contributed by atoms with Gasteiger partial charge in [0.05, 0.1) is 0 Å². The zero-order valence-electron chi connectivity index (χ0n) is 8.84. The van der Waals surface area contributed by atoms with Crippen molar-refractivity contribution in [2.45, 2.75) is 31.3 Å². The van der Waals surface area contributed by atoms with Gasteiger partial charge in [-0.2, -0.15) is 0 Å². The third-order valence-electron chi connectivity index (χ3n) is 3.97. The first-order valence-electron chi connectivity index (χ1n) is 6.09. The van der Waals surface area contributed by atoms with E-state index in [1.807, 2.05) is 0 Å². The fourth-order valence-corrected chi connectivity index (χ4v) is 3.18. The molecule has 0 spiro atoms. The summed E-state index contributed by atoms with van der Waals surface area (Å²) < 4.78 is 0. The Labute approximate surface area is 86.2 Å². The maximum atomic E-state index is 3.59. The average Bonchev–Trinajstić information content (AvgIpc) is 2.18. The third kappa shape index (κ3) is 1.81. The van der Waals surface area contributed by atoms with Crippen LogP contribution in [0.5, 0.6) is 0 Å². The molecular formula is C11H21N3. The molecule has 3 heteroatoms. The van der Waals surface area contributed by atoms with Crippen LogP contribution >= 0.6 is 0 Å². The molecule has 0 aliphatic carbocycles. The highest BCUT2D eigenvalue weighted by molar-refractivity contribution is 4.97. The lowest BCUT2D eigenvalue weighted by molar-refractivity contribution is 0.0617. The van der Waals surface area contributed by atoms with Crippen LogP contribution in [0, 0.1) is 5.92 Å². The number of nitrogens with one attached hydrogen (secondary N) is 2. The SMILES string of the molecule is C1CC(CN2CC3CC(C2)N3)CCN1. The number of piperazine rings is 1. The average molecular weight is 195 g/mol. The quantitative estimate of drug-likeness (QED) is 0.651. The summed E-state index contributed by atoms with van der Waals surface area (Å²) in [7, 11) is 0. The summed E-state index contributed by atoms with van der Waals surface area (Å²) in [4.78, 5) is 2.69. The molecule has 2 N–H and O–H groups in total. The molecule has 0 aromatic carbocycles. The van der Waals surface area contributed by atoms with Crippen molar-refractivity contribution in [1.82, 2.24) is 15.5 Å². The molecule has 4 rings (SSSR count). The van der Waals surface area contributed by atoms with Gasteiger partial charge in [-0.05, 0) is 38.3 Å². The number of hydrogen-bond donors (Lipinski definition) is 2. The second-order valence-corrected chi connectivity index (χ2v) is 5.21. The number of rotatable bonds is 2. The number of piperidine rings is 2. The van der Waals surface area contributed by atoms with Crippen molar-refractivity contribution in [3.8, 4) is 0 Å². The van der Waals surface area contributed by atoms with Gasteiger partial charge in [0.1, 0.15) is 0 Å². The molecular weight excluding hydrogens is 174 g/mol. The van der Waals surface area contributed by atoms with Crippen LogP contribution in [0.4, 0.5) is 0 Å². The highest BCUT2D eigenvalue weighted by Crippen LogP contribution is 2.23. The molecule has 4 heterocycles. The van der Waals surface area contributed by atoms with Crippen LogP contribution in [0.2, 0.25) is 0 Å². The first-order chi connectivity index (χ1) is 6.90. The molecule has 2 atom stereocenters. The summed E-state index contributed by atoms with van der Waals surface area (Å²) in [5, 5.41) is 7.03. The van der Waals surface area contributed by atoms with Crippen molar-refractivity contribution in [2.24, 2.45) is 5.92 Å². The van der Waals surface area contributed by atoms with E-state index < -0.39 is 0 Å². The Kier molecular flexibility index (Phi) is 2.48. The van der Waals surface area contributed by atoms with Crippen LogP contribution in [-0.4, -0.2) is 49.7 Å². The number of fused-ring (bicyclic) bond motifs is 2. The van der Waals surface area contributed by atoms with Gasteiger partial charge in [-0.15, -0.1) is 0 Å². The lowest BCUT2D eigenvalue weighted by atomic mass is 9.89. The first kappa shape index (κ1) is 9.13. The summed E-state index contributed by atoms with van der Waals surface area (Å²) in [5.74, 6) is 0.966. The zero-order valence-corrected chi connectivity index (χ0v) is 8.84. The monoisotopic (exact) mass is 195 g/mol. The van der Waals surface area contributed by atoms with Gasteiger partial charge in [-0.3, -0.25) is 4.90 Å². The van der Waals surface area contributed by atoms with Gasteiger partial charge in [0, 0.05) is 31.7 Å². The normalized spacial score (nSPS) is 39.4. The lowest BCUT2D eigenvalue weighted by Crippen LogP contribution is -2.67. The highest BCUT2D eigenvalue weighted by Gasteiger charge is 2.36. The van der Waals surface area contributed by atoms with E-state index in [4.69, 9.17) is 0 Å². The Morgan fingerprint density at radius 1 is 1.07 bits per heavy atom. The summed E-state index contributed by atoms with van der Waals surface area (Å²) in [5.41, 5.74) is 0. The maximum absolute atomic E-state index is 3.59. The molecule has 14 heavy (non-hydrogen) atoms. The molecule has 0 radical (unpaired) electrons. The fraction of sp³-hybridized carbons (Fsp3) is 1.00. The Hall–Kier alpha value is -0.120. The minimum absolute atomic E-state index is 0.829. The van der Waals surface area contributed by atoms with E-state index in [0.717, 1.165) is 18.0 Å². The van der Waals surface area contributed by atoms with Crippen molar-refractivity contribution in [1.29, 1.82) is 0 Å². The van der Waals surface area contributed by atoms with Crippen LogP contribution in [0.25, 0.3) is 0 Å². The minimum atomic E-state index is 0.829. The van der Waals surface area contributed by atoms with E-state index in [-0.39, 0.29) is 0 Å². The topological polar surface area (TPSA) is 27.3 Å². The molecule has 3 nitrogen and oxygen atoms in total. The smallest absolute Gasteiger partial charge is 0.0213 e. The molecule has 0 aromatic rings. The molecule has 4 aliphatic heterocycles. The third-order valence-corrected chi connectivity index (χ3v) is 3.97. The van der Waals surface area contributed by atoms with Crippen LogP contribution in [-0.2, 0) is 0 Å². The van der Waals surface area contributed by atoms with Crippen LogP contribution < -0.4 is 10.6 Å². The van der Waals surface area contributed by atoms with E-state index in [0.29, 0.717) is 0 Å². The second kappa shape index (κ2) is 3.80. The van der Waals surface area contributed by atoms with Crippen molar-refractivity contribution >= 4 is 0 Å². The van der Waals surface area contributed by atoms with E-state index in [9.17, 15) is 0 Å². The van der Waals surface area contributed by atoms with Gasteiger partial charge in [0.15, 0.2) is 0 Å². The largest absolute Gasteiger partial charge is 0.317 e. The fourth-order valence-electron chi connectivity index (χ4n) is 3.18. The van der Waals surface area contributed by atoms with Gasteiger partial charge >= 0.3 is 0 Å². The molecule has 80 valence electrons. The standard InChI is InChI=1S/C11H21N3/c1-3-12-4-2-9(1)6-14-7-10-5-11(8-14)13-10/h9-13H,1-8H2. The number of nitrogens with zero attached hydrogens (tertiary/aromatic N) is 1. The van der Waals surface area contributed by atoms with E-state index in [1.54, 1.807) is 0 Å². The molecule has 2 bridgehead atoms. The molecule has 4 fully saturated rings. The Balaban J connectivity index is 1.47. The summed E-state index contributed by atoms with van der Waals surface area (Å²) in [6, 6.07) is 1.66. The predicted octanol–water partition coefficient (Wildman–Crippen LogP) is 0.0321. The van der Waals surface area contributed by atoms with E-state index in [2.05, 4.69) is 15.5 Å². The van der Waals surface area contributed by atoms with Crippen LogP contribution in [0.15, 0.2) is 0 Å². The highest BCUT2D eigenvalue weighted by atomic mass is 15.3. The van der Waals surface area contributed by atoms with Gasteiger partial charge in [0.25, 0.3) is 0 Å². The van der Waals surface area contributed by atoms with E-state index in [1.165, 1.54) is 52.0 Å². The Morgan fingerprint density at radius 2 is 1.71 bits per heavy atom. The summed E-state index contributed by atoms with van der Waals surface area (Å²) >= 11 is 0. The lowest BCUT2D eigenvalue weighted by Gasteiger charge is -2.49. The second-order valence-electron chi connectivity index (χ2n) is 5.21. The van der Waals surface area contributed by atoms with Gasteiger partial charge in [-0.1, -0.05) is 0 Å². The van der Waals surface area contributed by atoms with Crippen LogP contribution in [0.1, 0.15) is 19.3 Å². The molecule has 4 aliphatic rings. The molecule has 0 amide bonds. The molecule has 4 saturated heterocycles. The number of hydrogen-bond acceptors (Lipinski definition) is 3. The predicted molar refractivity (Wildman–Crippen MR) is 57.4 cm³/mol. The van der Waals surface area contributed by atoms with Crippen molar-refractivity contribution in [3.63, 3.8) is 0 Å². The van der Waals surface area contributed by atoms with Crippen molar-refractivity contribution < 1.29 is 0 Å². The Morgan fingerprint density at radius 3 is 2.36 bits per heavy atom. The van der Waals surface area contributed by atoms with Gasteiger partial charge < -0.3 is 10.6 Å². The summed E-state index contributed by atoms with van der Waals surface area (Å²) in [6.45, 7) is 6.45. The molecule has 0 aromatic heterocycles. The molecule has 2 unspecified atom stereocenters. The maximum Gasteiger partial charge on any atom is 0.0213 e. The van der Waals surface area contributed by atoms with Crippen molar-refractivity contribution in [3.05, 3.63) is 0 Å². The van der Waals surface area contributed by atoms with E-state index >= 15 is 0 Å². The first-order valence-corrected chi connectivity index (χ1v) is 6.09. The van der Waals surface area contributed by atoms with Crippen LogP contribution in [0.3, 0.4) is 0 Å². The Bertz CT molecular complexity index is 185. The van der Waals surface area contributed by atoms with Crippen molar-refractivity contribution in [2.75, 3.05) is 32.7 Å². The zero-order chi connectivity index (χ0) is 9.38. The van der Waals surface area contributed by atoms with Gasteiger partial charge in [-0.25, -0.2) is 0 Å². The summed E-state index contributed by atoms with van der Waals surface area (Å²) in [6.07, 6.45) is 4.21. The molecule has 0 saturated carbocycles. The van der Waals surface area contributed by atoms with Gasteiger partial charge in [0.2, 0.25) is 0 Å².